The third-order valence-electron chi connectivity index (χ3n) is 1.91. The van der Waals surface area contributed by atoms with Gasteiger partial charge in [0.05, 0.1) is 6.61 Å². The highest BCUT2D eigenvalue weighted by molar-refractivity contribution is 9.10. The molecular formula is C12H13BrO3. The van der Waals surface area contributed by atoms with Crippen LogP contribution in [0.2, 0.25) is 0 Å². The number of hydrogen-bond acceptors (Lipinski definition) is 3. The molecule has 16 heavy (non-hydrogen) atoms. The first-order valence-electron chi connectivity index (χ1n) is 4.89. The van der Waals surface area contributed by atoms with Gasteiger partial charge in [-0.05, 0) is 38.1 Å². The monoisotopic (exact) mass is 284 g/mol. The minimum Gasteiger partial charge on any atom is -0.504 e. The fourth-order valence-electron chi connectivity index (χ4n) is 1.19. The van der Waals surface area contributed by atoms with Crippen LogP contribution in [0.3, 0.4) is 0 Å². The van der Waals surface area contributed by atoms with Crippen LogP contribution in [0.4, 0.5) is 0 Å². The van der Waals surface area contributed by atoms with Crippen LogP contribution in [0.5, 0.6) is 11.5 Å². The Bertz CT molecular complexity index is 425. The lowest BCUT2D eigenvalue weighted by atomic mass is 10.1. The molecule has 0 radical (unpaired) electrons. The van der Waals surface area contributed by atoms with Crippen molar-refractivity contribution in [3.63, 3.8) is 0 Å². The van der Waals surface area contributed by atoms with E-state index in [0.29, 0.717) is 22.4 Å². The molecule has 0 saturated heterocycles. The topological polar surface area (TPSA) is 46.5 Å². The Morgan fingerprint density at radius 2 is 2.25 bits per heavy atom. The van der Waals surface area contributed by atoms with Crippen molar-refractivity contribution in [2.75, 3.05) is 6.61 Å². The number of ether oxygens (including phenoxy) is 1. The van der Waals surface area contributed by atoms with E-state index in [2.05, 4.69) is 15.9 Å². The normalized spacial score (nSPS) is 10.7. The molecule has 0 amide bonds. The summed E-state index contributed by atoms with van der Waals surface area (Å²) in [6.07, 6.45) is 2.96. The summed E-state index contributed by atoms with van der Waals surface area (Å²) in [4.78, 5) is 10.8. The smallest absolute Gasteiger partial charge is 0.166 e. The van der Waals surface area contributed by atoms with Crippen LogP contribution in [0.25, 0.3) is 6.08 Å². The Labute approximate surface area is 103 Å². The molecule has 0 fully saturated rings. The Morgan fingerprint density at radius 1 is 1.56 bits per heavy atom. The molecule has 0 aromatic heterocycles. The lowest BCUT2D eigenvalue weighted by Crippen LogP contribution is -1.93. The second-order valence-electron chi connectivity index (χ2n) is 3.18. The summed E-state index contributed by atoms with van der Waals surface area (Å²) in [7, 11) is 0. The van der Waals surface area contributed by atoms with Crippen molar-refractivity contribution in [1.82, 2.24) is 0 Å². The van der Waals surface area contributed by atoms with E-state index in [9.17, 15) is 9.90 Å². The van der Waals surface area contributed by atoms with Gasteiger partial charge in [0.15, 0.2) is 17.3 Å². The molecule has 0 spiro atoms. The molecule has 86 valence electrons. The summed E-state index contributed by atoms with van der Waals surface area (Å²) in [6, 6.07) is 3.44. The quantitative estimate of drug-likeness (QED) is 0.864. The first-order chi connectivity index (χ1) is 7.56. The largest absolute Gasteiger partial charge is 0.504 e. The van der Waals surface area contributed by atoms with E-state index in [1.807, 2.05) is 6.92 Å². The van der Waals surface area contributed by atoms with Crippen LogP contribution in [0, 0.1) is 0 Å². The second kappa shape index (κ2) is 5.70. The molecule has 1 N–H and O–H groups in total. The van der Waals surface area contributed by atoms with E-state index in [1.165, 1.54) is 13.0 Å². The number of benzene rings is 1. The first kappa shape index (κ1) is 12.8. The SMILES string of the molecule is CCOc1ccc(Br)c(/C=C/C(C)=O)c1O. The van der Waals surface area contributed by atoms with Gasteiger partial charge in [0.2, 0.25) is 0 Å². The van der Waals surface area contributed by atoms with Crippen molar-refractivity contribution in [3.05, 3.63) is 28.2 Å². The molecule has 0 aliphatic heterocycles. The lowest BCUT2D eigenvalue weighted by Gasteiger charge is -2.09. The predicted molar refractivity (Wildman–Crippen MR) is 66.7 cm³/mol. The van der Waals surface area contributed by atoms with Crippen molar-refractivity contribution in [2.45, 2.75) is 13.8 Å². The van der Waals surface area contributed by atoms with Crippen LogP contribution in [-0.4, -0.2) is 17.5 Å². The zero-order valence-electron chi connectivity index (χ0n) is 9.16. The van der Waals surface area contributed by atoms with Crippen LogP contribution in [-0.2, 0) is 4.79 Å². The van der Waals surface area contributed by atoms with E-state index in [-0.39, 0.29) is 11.5 Å². The summed E-state index contributed by atoms with van der Waals surface area (Å²) in [6.45, 7) is 3.77. The summed E-state index contributed by atoms with van der Waals surface area (Å²) in [5.41, 5.74) is 0.543. The molecule has 0 unspecified atom stereocenters. The molecule has 1 rings (SSSR count). The molecule has 0 aliphatic carbocycles. The molecular weight excluding hydrogens is 272 g/mol. The van der Waals surface area contributed by atoms with Gasteiger partial charge in [0, 0.05) is 10.0 Å². The van der Waals surface area contributed by atoms with Gasteiger partial charge in [-0.3, -0.25) is 4.79 Å². The second-order valence-corrected chi connectivity index (χ2v) is 4.04. The van der Waals surface area contributed by atoms with Gasteiger partial charge in [-0.25, -0.2) is 0 Å². The average Bonchev–Trinajstić information content (AvgIpc) is 2.22. The van der Waals surface area contributed by atoms with Crippen LogP contribution < -0.4 is 4.74 Å². The minimum atomic E-state index is -0.0758. The molecule has 3 nitrogen and oxygen atoms in total. The fraction of sp³-hybridized carbons (Fsp3) is 0.250. The molecule has 4 heteroatoms. The number of rotatable bonds is 4. The number of carbonyl (C=O) groups excluding carboxylic acids is 1. The maximum atomic E-state index is 10.8. The van der Waals surface area contributed by atoms with Crippen LogP contribution in [0.15, 0.2) is 22.7 Å². The number of carbonyl (C=O) groups is 1. The molecule has 0 aliphatic rings. The third-order valence-corrected chi connectivity index (χ3v) is 2.60. The Balaban J connectivity index is 3.15. The summed E-state index contributed by atoms with van der Waals surface area (Å²) in [5, 5.41) is 9.90. The molecule has 0 saturated carbocycles. The number of halogens is 1. The van der Waals surface area contributed by atoms with E-state index < -0.39 is 0 Å². The van der Waals surface area contributed by atoms with Gasteiger partial charge in [-0.1, -0.05) is 15.9 Å². The highest BCUT2D eigenvalue weighted by Gasteiger charge is 2.09. The first-order valence-corrected chi connectivity index (χ1v) is 5.68. The maximum absolute atomic E-state index is 10.8. The van der Waals surface area contributed by atoms with Gasteiger partial charge in [0.1, 0.15) is 0 Å². The number of ketones is 1. The van der Waals surface area contributed by atoms with Gasteiger partial charge in [-0.2, -0.15) is 0 Å². The minimum absolute atomic E-state index is 0.0359. The summed E-state index contributed by atoms with van der Waals surface area (Å²) < 4.78 is 5.96. The van der Waals surface area contributed by atoms with E-state index in [1.54, 1.807) is 18.2 Å². The Morgan fingerprint density at radius 3 is 2.81 bits per heavy atom. The molecule has 0 heterocycles. The van der Waals surface area contributed by atoms with E-state index in [4.69, 9.17) is 4.74 Å². The van der Waals surface area contributed by atoms with Crippen molar-refractivity contribution in [3.8, 4) is 11.5 Å². The van der Waals surface area contributed by atoms with Gasteiger partial charge < -0.3 is 9.84 Å². The summed E-state index contributed by atoms with van der Waals surface area (Å²) >= 11 is 3.30. The number of hydrogen-bond donors (Lipinski definition) is 1. The van der Waals surface area contributed by atoms with Crippen molar-refractivity contribution in [2.24, 2.45) is 0 Å². The number of phenols is 1. The van der Waals surface area contributed by atoms with Gasteiger partial charge in [0.25, 0.3) is 0 Å². The molecule has 0 atom stereocenters. The third kappa shape index (κ3) is 3.10. The molecule has 1 aromatic carbocycles. The average molecular weight is 285 g/mol. The maximum Gasteiger partial charge on any atom is 0.166 e. The van der Waals surface area contributed by atoms with Crippen LogP contribution >= 0.6 is 15.9 Å². The lowest BCUT2D eigenvalue weighted by molar-refractivity contribution is -0.112. The van der Waals surface area contributed by atoms with Crippen molar-refractivity contribution in [1.29, 1.82) is 0 Å². The highest BCUT2D eigenvalue weighted by atomic mass is 79.9. The van der Waals surface area contributed by atoms with Crippen molar-refractivity contribution < 1.29 is 14.6 Å². The molecule has 0 bridgehead atoms. The van der Waals surface area contributed by atoms with Crippen molar-refractivity contribution >= 4 is 27.8 Å². The van der Waals surface area contributed by atoms with Crippen LogP contribution in [0.1, 0.15) is 19.4 Å². The predicted octanol–water partition coefficient (Wildman–Crippen LogP) is 3.16. The van der Waals surface area contributed by atoms with E-state index >= 15 is 0 Å². The van der Waals surface area contributed by atoms with E-state index in [0.717, 1.165) is 0 Å². The standard InChI is InChI=1S/C12H13BrO3/c1-3-16-11-7-6-10(13)9(12(11)15)5-4-8(2)14/h4-7,15H,3H2,1-2H3/b5-4+. The Kier molecular flexibility index (Phi) is 4.55. The summed E-state index contributed by atoms with van der Waals surface area (Å²) in [5.74, 6) is 0.371. The number of allylic oxidation sites excluding steroid dienone is 1. The highest BCUT2D eigenvalue weighted by Crippen LogP contribution is 2.36. The van der Waals surface area contributed by atoms with Gasteiger partial charge in [-0.15, -0.1) is 0 Å². The number of aromatic hydroxyl groups is 1. The van der Waals surface area contributed by atoms with Gasteiger partial charge >= 0.3 is 0 Å². The zero-order valence-corrected chi connectivity index (χ0v) is 10.7. The Hall–Kier alpha value is -1.29. The fourth-order valence-corrected chi connectivity index (χ4v) is 1.65. The molecule has 1 aromatic rings. The number of phenolic OH excluding ortho intramolecular Hbond substituents is 1. The zero-order chi connectivity index (χ0) is 12.1.